The Morgan fingerprint density at radius 3 is 2.78 bits per heavy atom. The molecule has 1 N–H and O–H groups in total. The van der Waals surface area contributed by atoms with Crippen LogP contribution < -0.4 is 5.32 Å². The van der Waals surface area contributed by atoms with Crippen LogP contribution in [-0.2, 0) is 11.3 Å². The van der Waals surface area contributed by atoms with Gasteiger partial charge in [-0.3, -0.25) is 4.79 Å². The number of fused-ring (bicyclic) bond motifs is 4. The van der Waals surface area contributed by atoms with Gasteiger partial charge in [0.1, 0.15) is 11.5 Å². The largest absolute Gasteiger partial charge is 0.440 e. The van der Waals surface area contributed by atoms with Gasteiger partial charge in [0.25, 0.3) is 5.91 Å². The van der Waals surface area contributed by atoms with E-state index in [0.29, 0.717) is 12.3 Å². The van der Waals surface area contributed by atoms with Crippen molar-refractivity contribution in [1.82, 2.24) is 10.2 Å². The van der Waals surface area contributed by atoms with E-state index in [1.165, 1.54) is 0 Å². The zero-order valence-corrected chi connectivity index (χ0v) is 17.2. The second-order valence-electron chi connectivity index (χ2n) is 7.77. The van der Waals surface area contributed by atoms with Gasteiger partial charge in [-0.1, -0.05) is 18.2 Å². The molecule has 0 saturated heterocycles. The number of hydrogen-bond acceptors (Lipinski definition) is 5. The highest BCUT2D eigenvalue weighted by molar-refractivity contribution is 7.99. The molecule has 2 amide bonds. The average Bonchev–Trinajstić information content (AvgIpc) is 3.13. The number of thioether (sulfide) groups is 1. The summed E-state index contributed by atoms with van der Waals surface area (Å²) in [6, 6.07) is 9.79. The molecule has 0 saturated carbocycles. The van der Waals surface area contributed by atoms with Crippen LogP contribution in [0.2, 0.25) is 0 Å². The number of benzene rings is 1. The van der Waals surface area contributed by atoms with Crippen LogP contribution in [0.4, 0.5) is 4.79 Å². The number of rotatable bonds is 1. The summed E-state index contributed by atoms with van der Waals surface area (Å²) in [4.78, 5) is 28.2. The van der Waals surface area contributed by atoms with Crippen LogP contribution in [0.1, 0.15) is 58.6 Å². The molecule has 2 aromatic rings. The van der Waals surface area contributed by atoms with E-state index >= 15 is 0 Å². The number of amides is 2. The predicted molar refractivity (Wildman–Crippen MR) is 108 cm³/mol. The van der Waals surface area contributed by atoms with E-state index in [1.54, 1.807) is 23.1 Å². The molecule has 27 heavy (non-hydrogen) atoms. The summed E-state index contributed by atoms with van der Waals surface area (Å²) in [5.41, 5.74) is 2.47. The van der Waals surface area contributed by atoms with Gasteiger partial charge in [0, 0.05) is 27.3 Å². The monoisotopic (exact) mass is 402 g/mol. The van der Waals surface area contributed by atoms with Crippen LogP contribution in [-0.4, -0.2) is 28.2 Å². The summed E-state index contributed by atoms with van der Waals surface area (Å²) >= 11 is 3.26. The molecule has 2 atom stereocenters. The van der Waals surface area contributed by atoms with E-state index in [2.05, 4.69) is 5.32 Å². The molecule has 5 nitrogen and oxygen atoms in total. The molecular weight excluding hydrogens is 380 g/mol. The highest BCUT2D eigenvalue weighted by Crippen LogP contribution is 2.47. The average molecular weight is 403 g/mol. The van der Waals surface area contributed by atoms with Crippen molar-refractivity contribution in [2.75, 3.05) is 5.75 Å². The molecule has 4 rings (SSSR count). The van der Waals surface area contributed by atoms with Crippen molar-refractivity contribution in [2.24, 2.45) is 0 Å². The fourth-order valence-electron chi connectivity index (χ4n) is 3.42. The van der Waals surface area contributed by atoms with Gasteiger partial charge in [-0.2, -0.15) is 0 Å². The number of hydrogen-bond donors (Lipinski definition) is 1. The SMILES string of the molecule is CC(C)(C)NC(=O)OC1CSC2c3ccccc3C(=O)N2Cc2sccc21. The molecular formula is C20H22N2O3S2. The lowest BCUT2D eigenvalue weighted by molar-refractivity contribution is 0.0749. The first-order valence-corrected chi connectivity index (χ1v) is 10.8. The van der Waals surface area contributed by atoms with Gasteiger partial charge in [0.15, 0.2) is 0 Å². The Labute approximate surface area is 167 Å². The van der Waals surface area contributed by atoms with E-state index in [9.17, 15) is 9.59 Å². The first-order chi connectivity index (χ1) is 12.8. The number of thiophene rings is 1. The van der Waals surface area contributed by atoms with Crippen molar-refractivity contribution in [3.8, 4) is 0 Å². The number of carbonyl (C=O) groups is 2. The van der Waals surface area contributed by atoms with Gasteiger partial charge < -0.3 is 15.0 Å². The normalized spacial score (nSPS) is 21.6. The van der Waals surface area contributed by atoms with Crippen LogP contribution in [0.3, 0.4) is 0 Å². The van der Waals surface area contributed by atoms with Crippen LogP contribution in [0.5, 0.6) is 0 Å². The molecule has 0 bridgehead atoms. The van der Waals surface area contributed by atoms with Crippen molar-refractivity contribution in [2.45, 2.75) is 44.3 Å². The molecule has 0 aliphatic carbocycles. The maximum atomic E-state index is 12.9. The highest BCUT2D eigenvalue weighted by Gasteiger charge is 2.40. The third-order valence-electron chi connectivity index (χ3n) is 4.57. The maximum Gasteiger partial charge on any atom is 0.408 e. The molecule has 1 aromatic carbocycles. The van der Waals surface area contributed by atoms with Crippen LogP contribution in [0.25, 0.3) is 0 Å². The number of nitrogens with one attached hydrogen (secondary N) is 1. The van der Waals surface area contributed by atoms with Crippen molar-refractivity contribution in [3.05, 3.63) is 57.3 Å². The van der Waals surface area contributed by atoms with Gasteiger partial charge in [-0.25, -0.2) is 4.79 Å². The Bertz CT molecular complexity index is 887. The Morgan fingerprint density at radius 1 is 1.22 bits per heavy atom. The molecule has 3 heterocycles. The second kappa shape index (κ2) is 6.87. The van der Waals surface area contributed by atoms with Gasteiger partial charge in [-0.15, -0.1) is 23.1 Å². The smallest absolute Gasteiger partial charge is 0.408 e. The van der Waals surface area contributed by atoms with Crippen molar-refractivity contribution in [1.29, 1.82) is 0 Å². The molecule has 142 valence electrons. The van der Waals surface area contributed by atoms with Gasteiger partial charge in [0.2, 0.25) is 0 Å². The molecule has 2 unspecified atom stereocenters. The number of ether oxygens (including phenoxy) is 1. The Morgan fingerprint density at radius 2 is 2.00 bits per heavy atom. The van der Waals surface area contributed by atoms with Crippen molar-refractivity contribution in [3.63, 3.8) is 0 Å². The summed E-state index contributed by atoms with van der Waals surface area (Å²) in [5, 5.41) is 4.82. The summed E-state index contributed by atoms with van der Waals surface area (Å²) in [6.07, 6.45) is -0.741. The van der Waals surface area contributed by atoms with Crippen LogP contribution in [0.15, 0.2) is 35.7 Å². The minimum atomic E-state index is -0.412. The van der Waals surface area contributed by atoms with E-state index in [-0.39, 0.29) is 22.9 Å². The zero-order chi connectivity index (χ0) is 19.2. The van der Waals surface area contributed by atoms with E-state index in [1.807, 2.05) is 61.4 Å². The Kier molecular flexibility index (Phi) is 4.68. The fraction of sp³-hybridized carbons (Fsp3) is 0.400. The quantitative estimate of drug-likeness (QED) is 0.750. The lowest BCUT2D eigenvalue weighted by atomic mass is 10.1. The molecule has 2 aliphatic heterocycles. The lowest BCUT2D eigenvalue weighted by Crippen LogP contribution is -2.41. The standard InChI is InChI=1S/C20H22N2O3S2/c1-20(2,3)21-19(24)25-15-11-27-18-13-7-5-4-6-12(13)17(23)22(18)10-16-14(15)8-9-26-16/h4-9,15,18H,10-11H2,1-3H3,(H,21,24). The lowest BCUT2D eigenvalue weighted by Gasteiger charge is -2.31. The maximum absolute atomic E-state index is 12.9. The Balaban J connectivity index is 1.62. The molecule has 0 fully saturated rings. The Hall–Kier alpha value is -1.99. The summed E-state index contributed by atoms with van der Waals surface area (Å²) in [7, 11) is 0. The predicted octanol–water partition coefficient (Wildman–Crippen LogP) is 4.72. The molecule has 0 radical (unpaired) electrons. The molecule has 1 aromatic heterocycles. The van der Waals surface area contributed by atoms with E-state index in [0.717, 1.165) is 21.6 Å². The van der Waals surface area contributed by atoms with E-state index < -0.39 is 6.09 Å². The molecule has 2 aliphatic rings. The second-order valence-corrected chi connectivity index (χ2v) is 9.89. The zero-order valence-electron chi connectivity index (χ0n) is 15.5. The number of nitrogens with zero attached hydrogens (tertiary/aromatic N) is 1. The highest BCUT2D eigenvalue weighted by atomic mass is 32.2. The van der Waals surface area contributed by atoms with Crippen molar-refractivity contribution >= 4 is 35.1 Å². The minimum Gasteiger partial charge on any atom is -0.440 e. The first-order valence-electron chi connectivity index (χ1n) is 8.90. The van der Waals surface area contributed by atoms with Gasteiger partial charge in [-0.05, 0) is 43.8 Å². The minimum absolute atomic E-state index is 0.0410. The van der Waals surface area contributed by atoms with Crippen LogP contribution in [0, 0.1) is 0 Å². The number of alkyl carbamates (subject to hydrolysis) is 1. The van der Waals surface area contributed by atoms with Gasteiger partial charge >= 0.3 is 6.09 Å². The van der Waals surface area contributed by atoms with E-state index in [4.69, 9.17) is 4.74 Å². The third kappa shape index (κ3) is 3.58. The summed E-state index contributed by atoms with van der Waals surface area (Å²) < 4.78 is 5.78. The number of carbonyl (C=O) groups excluding carboxylic acids is 2. The summed E-state index contributed by atoms with van der Waals surface area (Å²) in [6.45, 7) is 6.32. The van der Waals surface area contributed by atoms with Gasteiger partial charge in [0.05, 0.1) is 6.54 Å². The van der Waals surface area contributed by atoms with Crippen molar-refractivity contribution < 1.29 is 14.3 Å². The fourth-order valence-corrected chi connectivity index (χ4v) is 5.69. The first kappa shape index (κ1) is 18.4. The molecule has 7 heteroatoms. The summed E-state index contributed by atoms with van der Waals surface area (Å²) in [5.74, 6) is 0.677. The van der Waals surface area contributed by atoms with Crippen LogP contribution >= 0.6 is 23.1 Å². The molecule has 0 spiro atoms. The third-order valence-corrected chi connectivity index (χ3v) is 6.81. The topological polar surface area (TPSA) is 58.6 Å².